The van der Waals surface area contributed by atoms with Crippen molar-refractivity contribution in [2.45, 2.75) is 76.2 Å². The first-order valence-electron chi connectivity index (χ1n) is 11.9. The van der Waals surface area contributed by atoms with Gasteiger partial charge in [-0.3, -0.25) is 4.90 Å². The minimum atomic E-state index is 0.150. The molecule has 4 aliphatic rings. The fourth-order valence-electron chi connectivity index (χ4n) is 7.31. The van der Waals surface area contributed by atoms with Crippen molar-refractivity contribution in [1.29, 1.82) is 0 Å². The Balaban J connectivity index is 1.18. The minimum absolute atomic E-state index is 0.150. The summed E-state index contributed by atoms with van der Waals surface area (Å²) in [6.07, 6.45) is 7.62. The number of hydrogen-bond acceptors (Lipinski definition) is 4. The van der Waals surface area contributed by atoms with Crippen molar-refractivity contribution in [2.75, 3.05) is 20.1 Å². The number of fused-ring (bicyclic) bond motifs is 1. The van der Waals surface area contributed by atoms with E-state index in [2.05, 4.69) is 58.7 Å². The van der Waals surface area contributed by atoms with Crippen LogP contribution >= 0.6 is 0 Å². The second kappa shape index (κ2) is 6.91. The second-order valence-electron chi connectivity index (χ2n) is 10.4. The first kappa shape index (κ1) is 19.0. The van der Waals surface area contributed by atoms with Gasteiger partial charge in [0.05, 0.1) is 11.4 Å². The summed E-state index contributed by atoms with van der Waals surface area (Å²) in [4.78, 5) is 10.2. The van der Waals surface area contributed by atoms with Crippen LogP contribution in [-0.2, 0) is 13.0 Å². The molecule has 6 rings (SSSR count). The Labute approximate surface area is 180 Å². The largest absolute Gasteiger partial charge is 0.328 e. The van der Waals surface area contributed by atoms with Gasteiger partial charge in [-0.1, -0.05) is 30.3 Å². The van der Waals surface area contributed by atoms with Crippen molar-refractivity contribution in [2.24, 2.45) is 11.1 Å². The Kier molecular flexibility index (Phi) is 4.38. The quantitative estimate of drug-likeness (QED) is 0.828. The zero-order valence-corrected chi connectivity index (χ0v) is 18.4. The van der Waals surface area contributed by atoms with Crippen LogP contribution in [0.4, 0.5) is 0 Å². The number of hydrogen-bond donors (Lipinski definition) is 1. The number of likely N-dealkylation sites (tertiary alicyclic amines) is 1. The van der Waals surface area contributed by atoms with Gasteiger partial charge in [-0.05, 0) is 51.6 Å². The summed E-state index contributed by atoms with van der Waals surface area (Å²) in [5, 5.41) is 0. The molecular weight excluding hydrogens is 370 g/mol. The molecule has 2 aliphatic heterocycles. The molecule has 5 nitrogen and oxygen atoms in total. The van der Waals surface area contributed by atoms with E-state index in [0.717, 1.165) is 44.6 Å². The summed E-state index contributed by atoms with van der Waals surface area (Å²) < 4.78 is 2.64. The molecular formula is C25H35N5. The normalized spacial score (nSPS) is 33.9. The molecule has 0 amide bonds. The number of rotatable bonds is 5. The molecule has 2 N–H and O–H groups in total. The predicted molar refractivity (Wildman–Crippen MR) is 119 cm³/mol. The van der Waals surface area contributed by atoms with Gasteiger partial charge in [0, 0.05) is 55.6 Å². The summed E-state index contributed by atoms with van der Waals surface area (Å²) >= 11 is 0. The molecule has 0 bridgehead atoms. The summed E-state index contributed by atoms with van der Waals surface area (Å²) in [5.41, 5.74) is 11.2. The number of imidazole rings is 1. The molecule has 4 unspecified atom stereocenters. The lowest BCUT2D eigenvalue weighted by Crippen LogP contribution is -2.74. The van der Waals surface area contributed by atoms with Crippen molar-refractivity contribution in [3.8, 4) is 0 Å². The molecule has 1 aromatic carbocycles. The fraction of sp³-hybridized carbons (Fsp3) is 0.640. The molecule has 3 fully saturated rings. The SMILES string of the molecule is Cc1nc2c(n1C1CC3N(CC[C@H](N)c4ccccc4)C4CCC43C1)CN(C)CC2. The summed E-state index contributed by atoms with van der Waals surface area (Å²) in [5.74, 6) is 1.24. The predicted octanol–water partition coefficient (Wildman–Crippen LogP) is 3.44. The highest BCUT2D eigenvalue weighted by atomic mass is 15.3. The van der Waals surface area contributed by atoms with Gasteiger partial charge in [0.2, 0.25) is 0 Å². The van der Waals surface area contributed by atoms with Gasteiger partial charge in [-0.15, -0.1) is 0 Å². The highest BCUT2D eigenvalue weighted by molar-refractivity contribution is 5.27. The molecule has 2 aliphatic carbocycles. The standard InChI is InChI=1S/C25H35N5/c1-17-27-21-10-12-28(2)16-22(21)30(17)19-14-24-25(15-19)11-8-23(25)29(24)13-9-20(26)18-6-4-3-5-7-18/h3-7,19-20,23-24H,8-16,26H2,1-2H3/t19?,20-,23?,24?,25?/m0/s1. The Morgan fingerprint density at radius 1 is 1.23 bits per heavy atom. The second-order valence-corrected chi connectivity index (χ2v) is 10.4. The molecule has 0 radical (unpaired) electrons. The Morgan fingerprint density at radius 2 is 2.07 bits per heavy atom. The zero-order chi connectivity index (χ0) is 20.5. The van der Waals surface area contributed by atoms with E-state index in [1.54, 1.807) is 0 Å². The Morgan fingerprint density at radius 3 is 2.83 bits per heavy atom. The smallest absolute Gasteiger partial charge is 0.106 e. The van der Waals surface area contributed by atoms with E-state index < -0.39 is 0 Å². The molecule has 1 saturated heterocycles. The van der Waals surface area contributed by atoms with Crippen LogP contribution in [0.3, 0.4) is 0 Å². The third kappa shape index (κ3) is 2.68. The molecule has 3 heterocycles. The number of benzene rings is 1. The average molecular weight is 406 g/mol. The van der Waals surface area contributed by atoms with Gasteiger partial charge >= 0.3 is 0 Å². The molecule has 5 heteroatoms. The van der Waals surface area contributed by atoms with Gasteiger partial charge < -0.3 is 15.2 Å². The fourth-order valence-corrected chi connectivity index (χ4v) is 7.31. The average Bonchev–Trinajstić information content (AvgIpc) is 3.27. The lowest BCUT2D eigenvalue weighted by molar-refractivity contribution is -0.188. The number of piperidine rings is 1. The van der Waals surface area contributed by atoms with E-state index in [-0.39, 0.29) is 6.04 Å². The van der Waals surface area contributed by atoms with Crippen LogP contribution in [0, 0.1) is 12.3 Å². The molecule has 30 heavy (non-hydrogen) atoms. The van der Waals surface area contributed by atoms with Gasteiger partial charge in [-0.25, -0.2) is 4.98 Å². The first-order valence-corrected chi connectivity index (χ1v) is 11.9. The van der Waals surface area contributed by atoms with Crippen LogP contribution in [0.5, 0.6) is 0 Å². The van der Waals surface area contributed by atoms with E-state index in [9.17, 15) is 0 Å². The van der Waals surface area contributed by atoms with Gasteiger partial charge in [0.15, 0.2) is 0 Å². The first-order chi connectivity index (χ1) is 14.6. The maximum Gasteiger partial charge on any atom is 0.106 e. The minimum Gasteiger partial charge on any atom is -0.328 e. The van der Waals surface area contributed by atoms with E-state index in [1.807, 2.05) is 0 Å². The monoisotopic (exact) mass is 405 g/mol. The number of likely N-dealkylation sites (N-methyl/N-ethyl adjacent to an activating group) is 1. The van der Waals surface area contributed by atoms with Crippen LogP contribution in [-0.4, -0.2) is 51.6 Å². The molecule has 1 spiro atoms. The van der Waals surface area contributed by atoms with Crippen LogP contribution < -0.4 is 5.73 Å². The molecule has 2 aromatic rings. The van der Waals surface area contributed by atoms with Gasteiger partial charge in [0.25, 0.3) is 0 Å². The van der Waals surface area contributed by atoms with E-state index in [1.165, 1.54) is 48.5 Å². The molecule has 1 aromatic heterocycles. The number of aromatic nitrogens is 2. The summed E-state index contributed by atoms with van der Waals surface area (Å²) in [7, 11) is 2.24. The summed E-state index contributed by atoms with van der Waals surface area (Å²) in [6.45, 7) is 5.57. The third-order valence-electron chi connectivity index (χ3n) is 8.83. The van der Waals surface area contributed by atoms with Gasteiger partial charge in [0.1, 0.15) is 5.82 Å². The van der Waals surface area contributed by atoms with Crippen molar-refractivity contribution in [3.05, 3.63) is 53.1 Å². The van der Waals surface area contributed by atoms with E-state index in [0.29, 0.717) is 11.5 Å². The molecule has 160 valence electrons. The highest BCUT2D eigenvalue weighted by Gasteiger charge is 2.69. The van der Waals surface area contributed by atoms with Crippen molar-refractivity contribution in [3.63, 3.8) is 0 Å². The molecule has 5 atom stereocenters. The van der Waals surface area contributed by atoms with Crippen molar-refractivity contribution >= 4 is 0 Å². The Bertz CT molecular complexity index is 937. The number of nitrogens with two attached hydrogens (primary N) is 1. The highest BCUT2D eigenvalue weighted by Crippen LogP contribution is 2.67. The number of nitrogens with zero attached hydrogens (tertiary/aromatic N) is 4. The lowest BCUT2D eigenvalue weighted by atomic mass is 9.53. The Hall–Kier alpha value is -1.69. The lowest BCUT2D eigenvalue weighted by Gasteiger charge is -2.68. The van der Waals surface area contributed by atoms with E-state index >= 15 is 0 Å². The van der Waals surface area contributed by atoms with E-state index in [4.69, 9.17) is 10.7 Å². The van der Waals surface area contributed by atoms with Gasteiger partial charge in [-0.2, -0.15) is 0 Å². The zero-order valence-electron chi connectivity index (χ0n) is 18.4. The van der Waals surface area contributed by atoms with Crippen molar-refractivity contribution < 1.29 is 0 Å². The topological polar surface area (TPSA) is 50.3 Å². The third-order valence-corrected chi connectivity index (χ3v) is 8.83. The molecule has 2 saturated carbocycles. The maximum atomic E-state index is 6.53. The van der Waals surface area contributed by atoms with Crippen LogP contribution in [0.25, 0.3) is 0 Å². The summed E-state index contributed by atoms with van der Waals surface area (Å²) in [6, 6.07) is 12.9. The number of aryl methyl sites for hydroxylation is 1. The van der Waals surface area contributed by atoms with Crippen molar-refractivity contribution in [1.82, 2.24) is 19.4 Å². The van der Waals surface area contributed by atoms with Crippen LogP contribution in [0.15, 0.2) is 30.3 Å². The maximum absolute atomic E-state index is 6.53. The van der Waals surface area contributed by atoms with Crippen LogP contribution in [0.1, 0.15) is 67.0 Å². The van der Waals surface area contributed by atoms with Crippen LogP contribution in [0.2, 0.25) is 0 Å².